The number of carbonyl (C=O) groups is 3. The molecule has 0 radical (unpaired) electrons. The molecule has 1 aromatic carbocycles. The zero-order chi connectivity index (χ0) is 30.0. The SMILES string of the molecule is CSc1ncc(Br)c(C(=O)N2CC3CN(CCCN(C(=O)C4CCN(C(C)=O)CC4)c4ccc(C)c(Cl)c4)CC3C2)n1. The number of aromatic nitrogens is 2. The van der Waals surface area contributed by atoms with Crippen molar-refractivity contribution in [1.82, 2.24) is 24.7 Å². The largest absolute Gasteiger partial charge is 0.343 e. The summed E-state index contributed by atoms with van der Waals surface area (Å²) in [5.41, 5.74) is 2.24. The Morgan fingerprint density at radius 1 is 1.10 bits per heavy atom. The number of fused-ring (bicyclic) bond motifs is 1. The van der Waals surface area contributed by atoms with Crippen molar-refractivity contribution < 1.29 is 14.4 Å². The van der Waals surface area contributed by atoms with Crippen molar-refractivity contribution in [3.63, 3.8) is 0 Å². The first-order valence-electron chi connectivity index (χ1n) is 14.6. The van der Waals surface area contributed by atoms with E-state index in [0.717, 1.165) is 50.4 Å². The van der Waals surface area contributed by atoms with Gasteiger partial charge in [0.1, 0.15) is 5.69 Å². The van der Waals surface area contributed by atoms with Gasteiger partial charge in [-0.1, -0.05) is 29.4 Å². The summed E-state index contributed by atoms with van der Waals surface area (Å²) in [6, 6.07) is 5.84. The minimum atomic E-state index is -0.0998. The molecule has 0 bridgehead atoms. The third-order valence-electron chi connectivity index (χ3n) is 8.83. The van der Waals surface area contributed by atoms with Crippen LogP contribution in [0.2, 0.25) is 5.02 Å². The van der Waals surface area contributed by atoms with Crippen LogP contribution in [0.1, 0.15) is 42.2 Å². The van der Waals surface area contributed by atoms with Crippen LogP contribution in [0.15, 0.2) is 34.0 Å². The number of anilines is 1. The van der Waals surface area contributed by atoms with Gasteiger partial charge in [-0.3, -0.25) is 14.4 Å². The molecule has 2 atom stereocenters. The lowest BCUT2D eigenvalue weighted by atomic mass is 9.94. The molecule has 1 aromatic heterocycles. The third kappa shape index (κ3) is 6.95. The van der Waals surface area contributed by atoms with Crippen molar-refractivity contribution >= 4 is 62.7 Å². The predicted molar refractivity (Wildman–Crippen MR) is 169 cm³/mol. The van der Waals surface area contributed by atoms with Crippen molar-refractivity contribution in [2.45, 2.75) is 38.3 Å². The van der Waals surface area contributed by atoms with Crippen molar-refractivity contribution in [3.8, 4) is 0 Å². The molecule has 0 saturated carbocycles. The van der Waals surface area contributed by atoms with Crippen LogP contribution in [-0.4, -0.2) is 101 Å². The van der Waals surface area contributed by atoms with Gasteiger partial charge in [0.2, 0.25) is 11.8 Å². The van der Waals surface area contributed by atoms with E-state index in [1.807, 2.05) is 46.1 Å². The Kier molecular flexibility index (Phi) is 10.1. The van der Waals surface area contributed by atoms with E-state index in [4.69, 9.17) is 11.6 Å². The average molecular weight is 678 g/mol. The lowest BCUT2D eigenvalue weighted by molar-refractivity contribution is -0.133. The van der Waals surface area contributed by atoms with Gasteiger partial charge in [0.25, 0.3) is 5.91 Å². The van der Waals surface area contributed by atoms with Crippen molar-refractivity contribution in [2.75, 3.05) is 63.5 Å². The number of carbonyl (C=O) groups excluding carboxylic acids is 3. The van der Waals surface area contributed by atoms with E-state index in [9.17, 15) is 14.4 Å². The fourth-order valence-electron chi connectivity index (χ4n) is 6.42. The first kappa shape index (κ1) is 31.2. The Balaban J connectivity index is 1.17. The number of hydrogen-bond donors (Lipinski definition) is 0. The summed E-state index contributed by atoms with van der Waals surface area (Å²) in [7, 11) is 0. The molecule has 0 N–H and O–H groups in total. The maximum Gasteiger partial charge on any atom is 0.273 e. The second kappa shape index (κ2) is 13.6. The summed E-state index contributed by atoms with van der Waals surface area (Å²) in [6.07, 6.45) is 5.76. The van der Waals surface area contributed by atoms with Crippen molar-refractivity contribution in [2.24, 2.45) is 17.8 Å². The minimum Gasteiger partial charge on any atom is -0.343 e. The molecule has 3 saturated heterocycles. The second-order valence-corrected chi connectivity index (χ2v) is 13.6. The molecule has 9 nitrogen and oxygen atoms in total. The smallest absolute Gasteiger partial charge is 0.273 e. The highest BCUT2D eigenvalue weighted by Crippen LogP contribution is 2.33. The Morgan fingerprint density at radius 3 is 2.40 bits per heavy atom. The molecule has 0 spiro atoms. The number of benzene rings is 1. The Labute approximate surface area is 265 Å². The van der Waals surface area contributed by atoms with Crippen LogP contribution < -0.4 is 4.90 Å². The molecule has 42 heavy (non-hydrogen) atoms. The quantitative estimate of drug-likeness (QED) is 0.298. The normalized spacial score (nSPS) is 21.1. The maximum absolute atomic E-state index is 13.8. The summed E-state index contributed by atoms with van der Waals surface area (Å²) in [6.45, 7) is 9.66. The Bertz CT molecular complexity index is 1330. The number of amides is 3. The van der Waals surface area contributed by atoms with Gasteiger partial charge in [-0.05, 0) is 84.4 Å². The van der Waals surface area contributed by atoms with E-state index in [2.05, 4.69) is 30.8 Å². The van der Waals surface area contributed by atoms with E-state index in [1.54, 1.807) is 13.1 Å². The van der Waals surface area contributed by atoms with Crippen LogP contribution in [0, 0.1) is 24.7 Å². The highest BCUT2D eigenvalue weighted by Gasteiger charge is 2.42. The molecule has 3 aliphatic heterocycles. The molecule has 2 unspecified atom stereocenters. The Hall–Kier alpha value is -2.21. The number of nitrogens with zero attached hydrogens (tertiary/aromatic N) is 6. The molecule has 226 valence electrons. The van der Waals surface area contributed by atoms with Crippen LogP contribution in [0.25, 0.3) is 0 Å². The lowest BCUT2D eigenvalue weighted by Gasteiger charge is -2.34. The first-order valence-corrected chi connectivity index (χ1v) is 16.9. The summed E-state index contributed by atoms with van der Waals surface area (Å²) >= 11 is 11.3. The van der Waals surface area contributed by atoms with Gasteiger partial charge in [-0.25, -0.2) is 9.97 Å². The van der Waals surface area contributed by atoms with Crippen LogP contribution in [0.3, 0.4) is 0 Å². The van der Waals surface area contributed by atoms with Gasteiger partial charge in [0, 0.05) is 75.6 Å². The van der Waals surface area contributed by atoms with Gasteiger partial charge in [-0.15, -0.1) is 0 Å². The van der Waals surface area contributed by atoms with E-state index in [0.29, 0.717) is 64.7 Å². The number of hydrogen-bond acceptors (Lipinski definition) is 7. The van der Waals surface area contributed by atoms with Gasteiger partial charge in [-0.2, -0.15) is 0 Å². The van der Waals surface area contributed by atoms with E-state index in [-0.39, 0.29) is 23.6 Å². The third-order valence-corrected chi connectivity index (χ3v) is 10.4. The summed E-state index contributed by atoms with van der Waals surface area (Å²) in [5.74, 6) is 0.922. The molecule has 3 fully saturated rings. The fourth-order valence-corrected chi connectivity index (χ4v) is 7.29. The number of thioether (sulfide) groups is 1. The molecule has 3 amide bonds. The standard InChI is InChI=1S/C30H38BrClN6O3S/c1-19-5-6-24(13-26(19)32)38(28(40)21-7-11-36(12-8-21)20(2)39)10-4-9-35-15-22-17-37(18-23(22)16-35)29(41)27-25(31)14-33-30(34-27)42-3/h5-6,13-14,21-23H,4,7-12,15-18H2,1-3H3. The minimum absolute atomic E-state index is 0.0411. The summed E-state index contributed by atoms with van der Waals surface area (Å²) < 4.78 is 0.627. The van der Waals surface area contributed by atoms with Crippen LogP contribution in [-0.2, 0) is 9.59 Å². The molecule has 2 aromatic rings. The number of rotatable bonds is 8. The number of piperidine rings is 1. The van der Waals surface area contributed by atoms with Gasteiger partial charge in [0.15, 0.2) is 5.16 Å². The molecule has 4 heterocycles. The number of likely N-dealkylation sites (tertiary alicyclic amines) is 3. The monoisotopic (exact) mass is 676 g/mol. The molecule has 12 heteroatoms. The van der Waals surface area contributed by atoms with Gasteiger partial charge < -0.3 is 19.6 Å². The zero-order valence-corrected chi connectivity index (χ0v) is 27.6. The van der Waals surface area contributed by atoms with Crippen molar-refractivity contribution in [1.29, 1.82) is 0 Å². The number of halogens is 2. The van der Waals surface area contributed by atoms with E-state index in [1.165, 1.54) is 11.8 Å². The second-order valence-electron chi connectivity index (χ2n) is 11.6. The van der Waals surface area contributed by atoms with Crippen LogP contribution in [0.4, 0.5) is 5.69 Å². The average Bonchev–Trinajstić information content (AvgIpc) is 3.56. The highest BCUT2D eigenvalue weighted by molar-refractivity contribution is 9.10. The predicted octanol–water partition coefficient (Wildman–Crippen LogP) is 4.61. The fraction of sp³-hybridized carbons (Fsp3) is 0.567. The van der Waals surface area contributed by atoms with Crippen LogP contribution in [0.5, 0.6) is 0 Å². The number of aryl methyl sites for hydroxylation is 1. The molecule has 5 rings (SSSR count). The van der Waals surface area contributed by atoms with Crippen LogP contribution >= 0.6 is 39.3 Å². The van der Waals surface area contributed by atoms with Crippen molar-refractivity contribution in [3.05, 3.63) is 45.1 Å². The maximum atomic E-state index is 13.8. The van der Waals surface area contributed by atoms with Gasteiger partial charge in [0.05, 0.1) is 4.47 Å². The topological polar surface area (TPSA) is 90.0 Å². The van der Waals surface area contributed by atoms with E-state index >= 15 is 0 Å². The zero-order valence-electron chi connectivity index (χ0n) is 24.4. The molecule has 3 aliphatic rings. The molecule has 0 aliphatic carbocycles. The lowest BCUT2D eigenvalue weighted by Crippen LogP contribution is -2.44. The van der Waals surface area contributed by atoms with E-state index < -0.39 is 0 Å². The molecular weight excluding hydrogens is 640 g/mol. The first-order chi connectivity index (χ1) is 20.1. The molecular formula is C30H38BrClN6O3S. The van der Waals surface area contributed by atoms with Gasteiger partial charge >= 0.3 is 0 Å². The highest BCUT2D eigenvalue weighted by atomic mass is 79.9. The summed E-state index contributed by atoms with van der Waals surface area (Å²) in [4.78, 5) is 55.6. The Morgan fingerprint density at radius 2 is 1.79 bits per heavy atom. The summed E-state index contributed by atoms with van der Waals surface area (Å²) in [5, 5.41) is 1.25.